The second kappa shape index (κ2) is 5.01. The molecule has 0 radical (unpaired) electrons. The van der Waals surface area contributed by atoms with Gasteiger partial charge in [0.2, 0.25) is 0 Å². The number of hydrogen-bond donors (Lipinski definition) is 0. The lowest BCUT2D eigenvalue weighted by Gasteiger charge is -2.08. The van der Waals surface area contributed by atoms with Gasteiger partial charge in [-0.25, -0.2) is 0 Å². The van der Waals surface area contributed by atoms with Crippen molar-refractivity contribution in [2.75, 3.05) is 6.61 Å². The summed E-state index contributed by atoms with van der Waals surface area (Å²) >= 11 is 6.02. The van der Waals surface area contributed by atoms with Gasteiger partial charge in [-0.15, -0.1) is 0 Å². The first-order chi connectivity index (χ1) is 6.70. The minimum absolute atomic E-state index is 0.0385. The number of halogens is 1. The molecule has 1 aromatic carbocycles. The van der Waals surface area contributed by atoms with Gasteiger partial charge in [0.1, 0.15) is 5.75 Å². The van der Waals surface area contributed by atoms with E-state index in [0.717, 1.165) is 0 Å². The molecule has 0 aliphatic rings. The molecule has 76 valence electrons. The van der Waals surface area contributed by atoms with Gasteiger partial charge < -0.3 is 4.74 Å². The first kappa shape index (κ1) is 11.1. The fraction of sp³-hybridized carbons (Fsp3) is 0.364. The Hall–Kier alpha value is -1.02. The standard InChI is InChI=1S/C11H13ClO2/c1-3-9(13)8-6-5-7-10(11(8)12)14-4-2/h5-7H,3-4H2,1-2H3. The van der Waals surface area contributed by atoms with Gasteiger partial charge in [0.15, 0.2) is 5.78 Å². The number of carbonyl (C=O) groups excluding carboxylic acids is 1. The first-order valence-corrected chi connectivity index (χ1v) is 5.03. The van der Waals surface area contributed by atoms with Crippen molar-refractivity contribution in [2.45, 2.75) is 20.3 Å². The van der Waals surface area contributed by atoms with Gasteiger partial charge in [-0.05, 0) is 19.1 Å². The average molecular weight is 213 g/mol. The summed E-state index contributed by atoms with van der Waals surface area (Å²) in [5.74, 6) is 0.616. The summed E-state index contributed by atoms with van der Waals surface area (Å²) in [6.45, 7) is 4.24. The lowest BCUT2D eigenvalue weighted by Crippen LogP contribution is -2.00. The fourth-order valence-electron chi connectivity index (χ4n) is 1.18. The molecule has 0 amide bonds. The Morgan fingerprint density at radius 1 is 1.43 bits per heavy atom. The number of rotatable bonds is 4. The predicted octanol–water partition coefficient (Wildman–Crippen LogP) is 3.33. The van der Waals surface area contributed by atoms with Crippen LogP contribution in [0.5, 0.6) is 5.75 Å². The zero-order valence-electron chi connectivity index (χ0n) is 8.34. The van der Waals surface area contributed by atoms with E-state index in [1.165, 1.54) is 0 Å². The van der Waals surface area contributed by atoms with Crippen LogP contribution in [0.3, 0.4) is 0 Å². The van der Waals surface area contributed by atoms with Crippen molar-refractivity contribution in [1.82, 2.24) is 0 Å². The summed E-state index contributed by atoms with van der Waals surface area (Å²) in [4.78, 5) is 11.5. The van der Waals surface area contributed by atoms with Crippen molar-refractivity contribution in [2.24, 2.45) is 0 Å². The molecule has 0 saturated heterocycles. The highest BCUT2D eigenvalue weighted by Gasteiger charge is 2.11. The van der Waals surface area contributed by atoms with E-state index in [0.29, 0.717) is 29.4 Å². The third-order valence-corrected chi connectivity index (χ3v) is 2.27. The summed E-state index contributed by atoms with van der Waals surface area (Å²) in [7, 11) is 0. The van der Waals surface area contributed by atoms with Gasteiger partial charge in [-0.3, -0.25) is 4.79 Å². The molecule has 0 aliphatic carbocycles. The van der Waals surface area contributed by atoms with Crippen molar-refractivity contribution >= 4 is 17.4 Å². The number of ketones is 1. The molecular weight excluding hydrogens is 200 g/mol. The van der Waals surface area contributed by atoms with Crippen molar-refractivity contribution < 1.29 is 9.53 Å². The van der Waals surface area contributed by atoms with Gasteiger partial charge in [0, 0.05) is 12.0 Å². The van der Waals surface area contributed by atoms with E-state index < -0.39 is 0 Å². The number of carbonyl (C=O) groups is 1. The highest BCUT2D eigenvalue weighted by atomic mass is 35.5. The number of benzene rings is 1. The van der Waals surface area contributed by atoms with Crippen LogP contribution in [0.1, 0.15) is 30.6 Å². The van der Waals surface area contributed by atoms with Crippen LogP contribution in [0.4, 0.5) is 0 Å². The summed E-state index contributed by atoms with van der Waals surface area (Å²) in [6, 6.07) is 5.26. The molecule has 0 heterocycles. The molecule has 14 heavy (non-hydrogen) atoms. The van der Waals surface area contributed by atoms with Crippen molar-refractivity contribution in [1.29, 1.82) is 0 Å². The number of ether oxygens (including phenoxy) is 1. The summed E-state index contributed by atoms with van der Waals surface area (Å²) < 4.78 is 5.29. The van der Waals surface area contributed by atoms with Gasteiger partial charge in [0.25, 0.3) is 0 Å². The molecule has 1 aromatic rings. The number of Topliss-reactive ketones (excluding diaryl/α,β-unsaturated/α-hetero) is 1. The highest BCUT2D eigenvalue weighted by Crippen LogP contribution is 2.28. The molecule has 0 bridgehead atoms. The van der Waals surface area contributed by atoms with Crippen LogP contribution in [0.25, 0.3) is 0 Å². The van der Waals surface area contributed by atoms with Crippen LogP contribution in [0.15, 0.2) is 18.2 Å². The Balaban J connectivity index is 3.07. The average Bonchev–Trinajstić information content (AvgIpc) is 2.20. The maximum Gasteiger partial charge on any atom is 0.164 e. The molecule has 0 spiro atoms. The topological polar surface area (TPSA) is 26.3 Å². The highest BCUT2D eigenvalue weighted by molar-refractivity contribution is 6.35. The Morgan fingerprint density at radius 2 is 2.14 bits per heavy atom. The third kappa shape index (κ3) is 2.26. The minimum atomic E-state index is 0.0385. The van der Waals surface area contributed by atoms with Crippen LogP contribution < -0.4 is 4.74 Å². The lowest BCUT2D eigenvalue weighted by atomic mass is 10.1. The smallest absolute Gasteiger partial charge is 0.164 e. The SMILES string of the molecule is CCOc1cccc(C(=O)CC)c1Cl. The van der Waals surface area contributed by atoms with Crippen molar-refractivity contribution in [3.63, 3.8) is 0 Å². The Bertz CT molecular complexity index is 334. The molecule has 3 heteroatoms. The number of hydrogen-bond acceptors (Lipinski definition) is 2. The molecule has 2 nitrogen and oxygen atoms in total. The molecule has 0 unspecified atom stereocenters. The second-order valence-corrected chi connectivity index (χ2v) is 3.21. The van der Waals surface area contributed by atoms with Crippen molar-refractivity contribution in [3.05, 3.63) is 28.8 Å². The zero-order valence-corrected chi connectivity index (χ0v) is 9.10. The van der Waals surface area contributed by atoms with Crippen LogP contribution in [-0.4, -0.2) is 12.4 Å². The largest absolute Gasteiger partial charge is 0.492 e. The molecule has 0 aliphatic heterocycles. The normalized spacial score (nSPS) is 9.93. The second-order valence-electron chi connectivity index (χ2n) is 2.83. The minimum Gasteiger partial charge on any atom is -0.492 e. The Morgan fingerprint density at radius 3 is 2.71 bits per heavy atom. The fourth-order valence-corrected chi connectivity index (χ4v) is 1.47. The van der Waals surface area contributed by atoms with Crippen LogP contribution in [-0.2, 0) is 0 Å². The monoisotopic (exact) mass is 212 g/mol. The lowest BCUT2D eigenvalue weighted by molar-refractivity contribution is 0.0988. The van der Waals surface area contributed by atoms with Gasteiger partial charge in [0.05, 0.1) is 11.6 Å². The maximum absolute atomic E-state index is 11.5. The molecule has 0 saturated carbocycles. The third-order valence-electron chi connectivity index (χ3n) is 1.88. The van der Waals surface area contributed by atoms with Gasteiger partial charge in [-0.2, -0.15) is 0 Å². The summed E-state index contributed by atoms with van der Waals surface area (Å²) in [5, 5.41) is 0.418. The van der Waals surface area contributed by atoms with Crippen LogP contribution in [0.2, 0.25) is 5.02 Å². The molecule has 1 rings (SSSR count). The van der Waals surface area contributed by atoms with E-state index >= 15 is 0 Å². The van der Waals surface area contributed by atoms with Gasteiger partial charge >= 0.3 is 0 Å². The Kier molecular flexibility index (Phi) is 3.96. The van der Waals surface area contributed by atoms with E-state index in [2.05, 4.69) is 0 Å². The molecule has 0 fully saturated rings. The summed E-state index contributed by atoms with van der Waals surface area (Å²) in [5.41, 5.74) is 0.542. The van der Waals surface area contributed by atoms with E-state index in [1.807, 2.05) is 13.8 Å². The van der Waals surface area contributed by atoms with E-state index in [1.54, 1.807) is 18.2 Å². The maximum atomic E-state index is 11.5. The first-order valence-electron chi connectivity index (χ1n) is 4.65. The predicted molar refractivity (Wildman–Crippen MR) is 57.2 cm³/mol. The zero-order chi connectivity index (χ0) is 10.6. The quantitative estimate of drug-likeness (QED) is 0.716. The van der Waals surface area contributed by atoms with Crippen LogP contribution >= 0.6 is 11.6 Å². The molecule has 0 aromatic heterocycles. The van der Waals surface area contributed by atoms with Gasteiger partial charge in [-0.1, -0.05) is 24.6 Å². The van der Waals surface area contributed by atoms with E-state index in [-0.39, 0.29) is 5.78 Å². The summed E-state index contributed by atoms with van der Waals surface area (Å²) in [6.07, 6.45) is 0.454. The van der Waals surface area contributed by atoms with E-state index in [9.17, 15) is 4.79 Å². The van der Waals surface area contributed by atoms with E-state index in [4.69, 9.17) is 16.3 Å². The molecule has 0 N–H and O–H groups in total. The molecule has 0 atom stereocenters. The van der Waals surface area contributed by atoms with Crippen molar-refractivity contribution in [3.8, 4) is 5.75 Å². The van der Waals surface area contributed by atoms with Crippen LogP contribution in [0, 0.1) is 0 Å². The molecular formula is C11H13ClO2. The Labute approximate surface area is 88.8 Å².